The van der Waals surface area contributed by atoms with E-state index in [0.717, 1.165) is 28.3 Å². The summed E-state index contributed by atoms with van der Waals surface area (Å²) in [4.78, 5) is 5.58. The van der Waals surface area contributed by atoms with E-state index in [1.54, 1.807) is 11.8 Å². The van der Waals surface area contributed by atoms with Crippen LogP contribution in [0.5, 0.6) is 0 Å². The van der Waals surface area contributed by atoms with Crippen LogP contribution in [0.1, 0.15) is 25.2 Å². The molecule has 0 saturated carbocycles. The average Bonchev–Trinajstić information content (AvgIpc) is 2.78. The van der Waals surface area contributed by atoms with Gasteiger partial charge in [0.1, 0.15) is 5.82 Å². The third-order valence-electron chi connectivity index (χ3n) is 2.60. The van der Waals surface area contributed by atoms with Crippen LogP contribution < -0.4 is 5.32 Å². The molecule has 0 saturated heterocycles. The van der Waals surface area contributed by atoms with E-state index in [4.69, 9.17) is 11.6 Å². The molecule has 0 amide bonds. The van der Waals surface area contributed by atoms with Gasteiger partial charge in [0.15, 0.2) is 4.34 Å². The van der Waals surface area contributed by atoms with Crippen molar-refractivity contribution in [2.45, 2.75) is 36.6 Å². The Morgan fingerprint density at radius 3 is 2.85 bits per heavy atom. The topological polar surface area (TPSA) is 37.8 Å². The molecule has 0 bridgehead atoms. The Morgan fingerprint density at radius 2 is 2.20 bits per heavy atom. The summed E-state index contributed by atoms with van der Waals surface area (Å²) < 4.78 is 5.18. The zero-order valence-electron chi connectivity index (χ0n) is 11.8. The predicted molar refractivity (Wildman–Crippen MR) is 86.8 cm³/mol. The lowest BCUT2D eigenvalue weighted by Crippen LogP contribution is -2.19. The van der Waals surface area contributed by atoms with Gasteiger partial charge in [-0.25, -0.2) is 4.98 Å². The average molecular weight is 328 g/mol. The van der Waals surface area contributed by atoms with Crippen molar-refractivity contribution in [1.29, 1.82) is 0 Å². The molecule has 0 aliphatic rings. The SMILES string of the molecule is Cc1nsc(Sc2ccc(Cl)cc2CNCC(C)C)n1. The number of nitrogens with one attached hydrogen (secondary N) is 1. The molecule has 1 aromatic carbocycles. The fourth-order valence-corrected chi connectivity index (χ4v) is 3.61. The highest BCUT2D eigenvalue weighted by atomic mass is 35.5. The van der Waals surface area contributed by atoms with Gasteiger partial charge < -0.3 is 5.32 Å². The number of aromatic nitrogens is 2. The monoisotopic (exact) mass is 327 g/mol. The summed E-state index contributed by atoms with van der Waals surface area (Å²) in [5.41, 5.74) is 1.20. The summed E-state index contributed by atoms with van der Waals surface area (Å²) in [6, 6.07) is 5.99. The Labute approximate surface area is 133 Å². The van der Waals surface area contributed by atoms with E-state index in [0.29, 0.717) is 5.92 Å². The van der Waals surface area contributed by atoms with Crippen molar-refractivity contribution < 1.29 is 0 Å². The molecular weight excluding hydrogens is 310 g/mol. The Hall–Kier alpha value is -0.620. The molecule has 6 heteroatoms. The van der Waals surface area contributed by atoms with Crippen LogP contribution in [0.25, 0.3) is 0 Å². The summed E-state index contributed by atoms with van der Waals surface area (Å²) in [5.74, 6) is 1.46. The summed E-state index contributed by atoms with van der Waals surface area (Å²) in [6.07, 6.45) is 0. The summed E-state index contributed by atoms with van der Waals surface area (Å²) in [6.45, 7) is 8.12. The van der Waals surface area contributed by atoms with Gasteiger partial charge in [-0.05, 0) is 54.7 Å². The second-order valence-corrected chi connectivity index (χ2v) is 7.46. The Balaban J connectivity index is 2.10. The van der Waals surface area contributed by atoms with Crippen LogP contribution in [-0.2, 0) is 6.54 Å². The number of hydrogen-bond acceptors (Lipinski definition) is 5. The molecule has 2 rings (SSSR count). The first-order valence-electron chi connectivity index (χ1n) is 6.52. The molecule has 0 atom stereocenters. The molecule has 0 aliphatic carbocycles. The maximum Gasteiger partial charge on any atom is 0.174 e. The van der Waals surface area contributed by atoms with Gasteiger partial charge in [0.25, 0.3) is 0 Å². The molecule has 108 valence electrons. The molecule has 1 aromatic heterocycles. The van der Waals surface area contributed by atoms with Gasteiger partial charge in [-0.1, -0.05) is 37.2 Å². The minimum atomic E-state index is 0.635. The van der Waals surface area contributed by atoms with Crippen molar-refractivity contribution in [1.82, 2.24) is 14.7 Å². The van der Waals surface area contributed by atoms with E-state index >= 15 is 0 Å². The van der Waals surface area contributed by atoms with Crippen molar-refractivity contribution in [2.75, 3.05) is 6.54 Å². The summed E-state index contributed by atoms with van der Waals surface area (Å²) >= 11 is 9.19. The van der Waals surface area contributed by atoms with Gasteiger partial charge in [-0.3, -0.25) is 0 Å². The molecule has 0 radical (unpaired) electrons. The fraction of sp³-hybridized carbons (Fsp3) is 0.429. The van der Waals surface area contributed by atoms with Crippen LogP contribution in [0.3, 0.4) is 0 Å². The van der Waals surface area contributed by atoms with Crippen LogP contribution in [-0.4, -0.2) is 15.9 Å². The molecular formula is C14H18ClN3S2. The Bertz CT molecular complexity index is 569. The molecule has 1 N–H and O–H groups in total. The number of halogens is 1. The first-order valence-corrected chi connectivity index (χ1v) is 8.48. The van der Waals surface area contributed by atoms with Crippen molar-refractivity contribution in [3.05, 3.63) is 34.6 Å². The summed E-state index contributed by atoms with van der Waals surface area (Å²) in [7, 11) is 0. The van der Waals surface area contributed by atoms with Crippen LogP contribution in [0.2, 0.25) is 5.02 Å². The van der Waals surface area contributed by atoms with Crippen molar-refractivity contribution in [3.63, 3.8) is 0 Å². The van der Waals surface area contributed by atoms with E-state index in [-0.39, 0.29) is 0 Å². The van der Waals surface area contributed by atoms with Crippen molar-refractivity contribution in [2.24, 2.45) is 5.92 Å². The first-order chi connectivity index (χ1) is 9.54. The third-order valence-corrected chi connectivity index (χ3v) is 4.79. The standard InChI is InChI=1S/C14H18ClN3S2/c1-9(2)7-16-8-11-6-12(15)4-5-13(11)19-14-17-10(3)18-20-14/h4-6,9,16H,7-8H2,1-3H3. The van der Waals surface area contributed by atoms with Gasteiger partial charge in [-0.2, -0.15) is 4.37 Å². The highest BCUT2D eigenvalue weighted by molar-refractivity contribution is 8.01. The van der Waals surface area contributed by atoms with Crippen LogP contribution in [0, 0.1) is 12.8 Å². The van der Waals surface area contributed by atoms with E-state index in [1.807, 2.05) is 19.1 Å². The highest BCUT2D eigenvalue weighted by Crippen LogP contribution is 2.32. The molecule has 0 unspecified atom stereocenters. The van der Waals surface area contributed by atoms with Crippen molar-refractivity contribution >= 4 is 34.9 Å². The number of aryl methyl sites for hydroxylation is 1. The third kappa shape index (κ3) is 4.74. The minimum absolute atomic E-state index is 0.635. The Kier molecular flexibility index (Phi) is 5.84. The van der Waals surface area contributed by atoms with Crippen LogP contribution >= 0.6 is 34.9 Å². The van der Waals surface area contributed by atoms with Crippen LogP contribution in [0.15, 0.2) is 27.4 Å². The number of benzene rings is 1. The summed E-state index contributed by atoms with van der Waals surface area (Å²) in [5, 5.41) is 4.22. The minimum Gasteiger partial charge on any atom is -0.312 e. The molecule has 20 heavy (non-hydrogen) atoms. The number of nitrogens with zero attached hydrogens (tertiary/aromatic N) is 2. The second-order valence-electron chi connectivity index (χ2n) is 4.99. The Morgan fingerprint density at radius 1 is 1.40 bits per heavy atom. The second kappa shape index (κ2) is 7.41. The molecule has 0 aliphatic heterocycles. The van der Waals surface area contributed by atoms with Gasteiger partial charge in [-0.15, -0.1) is 0 Å². The van der Waals surface area contributed by atoms with Gasteiger partial charge in [0.05, 0.1) is 0 Å². The lowest BCUT2D eigenvalue weighted by Gasteiger charge is -2.11. The fourth-order valence-electron chi connectivity index (χ4n) is 1.69. The van der Waals surface area contributed by atoms with Gasteiger partial charge in [0, 0.05) is 16.5 Å². The molecule has 0 fully saturated rings. The predicted octanol–water partition coefficient (Wildman–Crippen LogP) is 4.40. The smallest absolute Gasteiger partial charge is 0.174 e. The molecule has 2 aromatic rings. The van der Waals surface area contributed by atoms with E-state index < -0.39 is 0 Å². The van der Waals surface area contributed by atoms with Crippen LogP contribution in [0.4, 0.5) is 0 Å². The zero-order valence-corrected chi connectivity index (χ0v) is 14.2. The maximum atomic E-state index is 6.10. The molecule has 3 nitrogen and oxygen atoms in total. The van der Waals surface area contributed by atoms with E-state index in [2.05, 4.69) is 34.6 Å². The number of hydrogen-bond donors (Lipinski definition) is 1. The van der Waals surface area contributed by atoms with Crippen molar-refractivity contribution in [3.8, 4) is 0 Å². The maximum absolute atomic E-state index is 6.10. The largest absolute Gasteiger partial charge is 0.312 e. The lowest BCUT2D eigenvalue weighted by molar-refractivity contribution is 0.550. The van der Waals surface area contributed by atoms with E-state index in [9.17, 15) is 0 Å². The zero-order chi connectivity index (χ0) is 14.5. The molecule has 0 spiro atoms. The number of rotatable bonds is 6. The van der Waals surface area contributed by atoms with Gasteiger partial charge in [0.2, 0.25) is 0 Å². The molecule has 1 heterocycles. The lowest BCUT2D eigenvalue weighted by atomic mass is 10.2. The quantitative estimate of drug-likeness (QED) is 0.853. The highest BCUT2D eigenvalue weighted by Gasteiger charge is 2.09. The normalized spacial score (nSPS) is 11.2. The van der Waals surface area contributed by atoms with Gasteiger partial charge >= 0.3 is 0 Å². The first kappa shape index (κ1) is 15.8. The van der Waals surface area contributed by atoms with E-state index in [1.165, 1.54) is 22.0 Å².